The second kappa shape index (κ2) is 7.73. The Kier molecular flexibility index (Phi) is 4.90. The molecule has 3 heteroatoms. The van der Waals surface area contributed by atoms with Gasteiger partial charge in [0.05, 0.1) is 11.2 Å². The summed E-state index contributed by atoms with van der Waals surface area (Å²) in [5.74, 6) is 0.639. The summed E-state index contributed by atoms with van der Waals surface area (Å²) in [5.41, 5.74) is 7.08. The minimum atomic E-state index is 0.322. The molecule has 2 heterocycles. The maximum Gasteiger partial charge on any atom is 0.169 e. The quantitative estimate of drug-likeness (QED) is 0.340. The highest BCUT2D eigenvalue weighted by Crippen LogP contribution is 2.49. The summed E-state index contributed by atoms with van der Waals surface area (Å²) in [5, 5.41) is 0.782. The van der Waals surface area contributed by atoms with Crippen LogP contribution in [0.15, 0.2) is 72.9 Å². The maximum atomic E-state index is 11.6. The third-order valence-electron chi connectivity index (χ3n) is 7.05. The summed E-state index contributed by atoms with van der Waals surface area (Å²) in [7, 11) is 0. The maximum absolute atomic E-state index is 11.6. The van der Waals surface area contributed by atoms with E-state index in [0.717, 1.165) is 39.6 Å². The van der Waals surface area contributed by atoms with Gasteiger partial charge >= 0.3 is 0 Å². The highest BCUT2D eigenvalue weighted by atomic mass is 16.1. The Morgan fingerprint density at radius 2 is 1.68 bits per heavy atom. The third kappa shape index (κ3) is 3.25. The van der Waals surface area contributed by atoms with Crippen LogP contribution < -0.4 is 0 Å². The van der Waals surface area contributed by atoms with E-state index in [9.17, 15) is 4.79 Å². The van der Waals surface area contributed by atoms with E-state index < -0.39 is 0 Å². The lowest BCUT2D eigenvalue weighted by Gasteiger charge is -2.46. The van der Waals surface area contributed by atoms with Crippen molar-refractivity contribution in [2.45, 2.75) is 38.5 Å². The third-order valence-corrected chi connectivity index (χ3v) is 7.05. The lowest BCUT2D eigenvalue weighted by molar-refractivity contribution is 0.112. The molecule has 0 unspecified atom stereocenters. The number of nitrogens with zero attached hydrogens (tertiary/aromatic N) is 2. The van der Waals surface area contributed by atoms with Gasteiger partial charge in [0.25, 0.3) is 0 Å². The molecule has 2 aromatic carbocycles. The number of pyridine rings is 2. The summed E-state index contributed by atoms with van der Waals surface area (Å²) in [6.07, 6.45) is 6.32. The molecule has 0 N–H and O–H groups in total. The number of rotatable bonds is 5. The minimum absolute atomic E-state index is 0.322. The van der Waals surface area contributed by atoms with Gasteiger partial charge < -0.3 is 0 Å². The molecule has 1 fully saturated rings. The molecule has 0 aliphatic heterocycles. The number of benzene rings is 2. The number of hydrogen-bond donors (Lipinski definition) is 0. The highest BCUT2D eigenvalue weighted by Gasteiger charge is 2.41. The van der Waals surface area contributed by atoms with Gasteiger partial charge in [-0.25, -0.2) is 4.98 Å². The topological polar surface area (TPSA) is 42.9 Å². The summed E-state index contributed by atoms with van der Waals surface area (Å²) in [4.78, 5) is 20.8. The second-order valence-corrected chi connectivity index (χ2v) is 8.87. The summed E-state index contributed by atoms with van der Waals surface area (Å²) < 4.78 is 0. The highest BCUT2D eigenvalue weighted by molar-refractivity contribution is 5.99. The molecule has 5 rings (SSSR count). The molecule has 154 valence electrons. The van der Waals surface area contributed by atoms with Gasteiger partial charge in [0.1, 0.15) is 5.69 Å². The molecular weight excluding hydrogens is 380 g/mol. The van der Waals surface area contributed by atoms with E-state index in [-0.39, 0.29) is 0 Å². The standard InChI is InChI=1S/C28H26N2O/c1-19(2)28(14-6-15-28)22-11-9-21(10-12-22)27-23(20-7-4-3-5-8-20)17-24-25(30-27)13-16-29-26(24)18-31/h3-5,7-13,16-19H,6,14-15H2,1-2H3. The van der Waals surface area contributed by atoms with E-state index in [1.165, 1.54) is 24.8 Å². The molecule has 0 bridgehead atoms. The number of hydrogen-bond acceptors (Lipinski definition) is 3. The first-order valence-electron chi connectivity index (χ1n) is 11.0. The van der Waals surface area contributed by atoms with E-state index in [1.807, 2.05) is 24.3 Å². The zero-order valence-electron chi connectivity index (χ0n) is 18.0. The van der Waals surface area contributed by atoms with Gasteiger partial charge in [-0.1, -0.05) is 74.9 Å². The lowest BCUT2D eigenvalue weighted by atomic mass is 9.58. The van der Waals surface area contributed by atoms with Gasteiger partial charge in [-0.15, -0.1) is 0 Å². The Morgan fingerprint density at radius 1 is 0.935 bits per heavy atom. The fraction of sp³-hybridized carbons (Fsp3) is 0.250. The smallest absolute Gasteiger partial charge is 0.169 e. The molecule has 4 aromatic rings. The first kappa shape index (κ1) is 19.6. The van der Waals surface area contributed by atoms with Gasteiger partial charge in [-0.3, -0.25) is 9.78 Å². The van der Waals surface area contributed by atoms with E-state index >= 15 is 0 Å². The Balaban J connectivity index is 1.68. The predicted molar refractivity (Wildman–Crippen MR) is 126 cm³/mol. The first-order valence-corrected chi connectivity index (χ1v) is 11.0. The van der Waals surface area contributed by atoms with E-state index in [0.29, 0.717) is 17.0 Å². The summed E-state index contributed by atoms with van der Waals surface area (Å²) >= 11 is 0. The van der Waals surface area contributed by atoms with Gasteiger partial charge in [0.15, 0.2) is 6.29 Å². The Labute approximate surface area is 183 Å². The van der Waals surface area contributed by atoms with Crippen molar-refractivity contribution in [1.29, 1.82) is 0 Å². The van der Waals surface area contributed by atoms with Crippen LogP contribution in [0.5, 0.6) is 0 Å². The van der Waals surface area contributed by atoms with Gasteiger partial charge in [-0.05, 0) is 47.4 Å². The van der Waals surface area contributed by atoms with Crippen LogP contribution in [-0.4, -0.2) is 16.3 Å². The largest absolute Gasteiger partial charge is 0.296 e. The normalized spacial score (nSPS) is 15.1. The molecule has 1 aliphatic rings. The van der Waals surface area contributed by atoms with Crippen LogP contribution in [0.2, 0.25) is 0 Å². The molecule has 1 saturated carbocycles. The van der Waals surface area contributed by atoms with Crippen molar-refractivity contribution in [3.05, 3.63) is 84.2 Å². The van der Waals surface area contributed by atoms with Crippen molar-refractivity contribution in [2.75, 3.05) is 0 Å². The van der Waals surface area contributed by atoms with Crippen LogP contribution in [-0.2, 0) is 5.41 Å². The molecule has 1 aliphatic carbocycles. The van der Waals surface area contributed by atoms with Crippen molar-refractivity contribution in [3.63, 3.8) is 0 Å². The summed E-state index contributed by atoms with van der Waals surface area (Å²) in [6.45, 7) is 4.67. The van der Waals surface area contributed by atoms with E-state index in [4.69, 9.17) is 4.98 Å². The second-order valence-electron chi connectivity index (χ2n) is 8.87. The van der Waals surface area contributed by atoms with Gasteiger partial charge in [0, 0.05) is 22.7 Å². The molecule has 0 atom stereocenters. The molecule has 2 aromatic heterocycles. The summed E-state index contributed by atoms with van der Waals surface area (Å²) in [6, 6.07) is 23.2. The van der Waals surface area contributed by atoms with Crippen molar-refractivity contribution >= 4 is 17.2 Å². The van der Waals surface area contributed by atoms with E-state index in [2.05, 4.69) is 61.3 Å². The molecule has 0 radical (unpaired) electrons. The fourth-order valence-corrected chi connectivity index (χ4v) is 4.99. The number of carbonyl (C=O) groups is 1. The zero-order chi connectivity index (χ0) is 21.4. The van der Waals surface area contributed by atoms with Crippen LogP contribution in [0.1, 0.15) is 49.2 Å². The molecule has 0 spiro atoms. The van der Waals surface area contributed by atoms with Crippen LogP contribution in [0.25, 0.3) is 33.3 Å². The van der Waals surface area contributed by atoms with Crippen LogP contribution in [0.4, 0.5) is 0 Å². The van der Waals surface area contributed by atoms with E-state index in [1.54, 1.807) is 6.20 Å². The molecule has 3 nitrogen and oxygen atoms in total. The predicted octanol–water partition coefficient (Wildman–Crippen LogP) is 6.85. The van der Waals surface area contributed by atoms with Crippen LogP contribution >= 0.6 is 0 Å². The van der Waals surface area contributed by atoms with Crippen molar-refractivity contribution in [2.24, 2.45) is 5.92 Å². The number of aromatic nitrogens is 2. The van der Waals surface area contributed by atoms with Crippen molar-refractivity contribution in [3.8, 4) is 22.4 Å². The van der Waals surface area contributed by atoms with Crippen molar-refractivity contribution in [1.82, 2.24) is 9.97 Å². The van der Waals surface area contributed by atoms with Gasteiger partial charge in [0.2, 0.25) is 0 Å². The fourth-order valence-electron chi connectivity index (χ4n) is 4.99. The van der Waals surface area contributed by atoms with Crippen molar-refractivity contribution < 1.29 is 4.79 Å². The lowest BCUT2D eigenvalue weighted by Crippen LogP contribution is -2.39. The first-order chi connectivity index (χ1) is 15.1. The Bertz CT molecular complexity index is 1240. The van der Waals surface area contributed by atoms with Gasteiger partial charge in [-0.2, -0.15) is 0 Å². The molecule has 31 heavy (non-hydrogen) atoms. The molecular formula is C28H26N2O. The Hall–Kier alpha value is -3.33. The van der Waals surface area contributed by atoms with Crippen LogP contribution in [0, 0.1) is 5.92 Å². The number of carbonyl (C=O) groups excluding carboxylic acids is 1. The zero-order valence-corrected chi connectivity index (χ0v) is 18.0. The SMILES string of the molecule is CC(C)C1(c2ccc(-c3nc4ccnc(C=O)c4cc3-c3ccccc3)cc2)CCC1. The minimum Gasteiger partial charge on any atom is -0.296 e. The Morgan fingerprint density at radius 3 is 2.29 bits per heavy atom. The number of fused-ring (bicyclic) bond motifs is 1. The molecule has 0 amide bonds. The monoisotopic (exact) mass is 406 g/mol. The average Bonchev–Trinajstić information content (AvgIpc) is 2.78. The molecule has 0 saturated heterocycles. The number of aldehydes is 1. The van der Waals surface area contributed by atoms with Crippen LogP contribution in [0.3, 0.4) is 0 Å². The average molecular weight is 407 g/mol.